The van der Waals surface area contributed by atoms with Crippen LogP contribution < -0.4 is 5.32 Å². The van der Waals surface area contributed by atoms with Gasteiger partial charge in [-0.3, -0.25) is 14.9 Å². The molecule has 0 saturated heterocycles. The summed E-state index contributed by atoms with van der Waals surface area (Å²) in [7, 11) is 0. The summed E-state index contributed by atoms with van der Waals surface area (Å²) in [6.07, 6.45) is 0. The lowest BCUT2D eigenvalue weighted by atomic mass is 10.0. The van der Waals surface area contributed by atoms with Crippen molar-refractivity contribution < 1.29 is 9.72 Å². The van der Waals surface area contributed by atoms with Crippen LogP contribution in [0.3, 0.4) is 0 Å². The number of carbonyl (C=O) groups is 1. The normalized spacial score (nSPS) is 11.7. The van der Waals surface area contributed by atoms with Crippen LogP contribution in [0.1, 0.15) is 34.3 Å². The minimum Gasteiger partial charge on any atom is -0.351 e. The molecule has 1 amide bonds. The van der Waals surface area contributed by atoms with Gasteiger partial charge in [0.25, 0.3) is 11.6 Å². The minimum absolute atomic E-state index is 0.0382. The van der Waals surface area contributed by atoms with Crippen molar-refractivity contribution in [1.29, 1.82) is 0 Å². The van der Waals surface area contributed by atoms with E-state index in [1.807, 2.05) is 37.3 Å². The van der Waals surface area contributed by atoms with Crippen LogP contribution in [-0.4, -0.2) is 17.4 Å². The average molecular weight is 298 g/mol. The maximum Gasteiger partial charge on any atom is 0.273 e. The van der Waals surface area contributed by atoms with E-state index in [2.05, 4.69) is 5.32 Å². The highest BCUT2D eigenvalue weighted by atomic mass is 16.6. The van der Waals surface area contributed by atoms with E-state index >= 15 is 0 Å². The van der Waals surface area contributed by atoms with E-state index < -0.39 is 4.92 Å². The first-order chi connectivity index (χ1) is 10.5. The molecule has 22 heavy (non-hydrogen) atoms. The van der Waals surface area contributed by atoms with Crippen LogP contribution in [0.25, 0.3) is 0 Å². The van der Waals surface area contributed by atoms with E-state index in [0.29, 0.717) is 17.7 Å². The second-order valence-corrected chi connectivity index (χ2v) is 5.23. The predicted molar refractivity (Wildman–Crippen MR) is 85.0 cm³/mol. The van der Waals surface area contributed by atoms with Gasteiger partial charge in [0.2, 0.25) is 0 Å². The molecular formula is C17H18N2O3. The number of nitrogens with zero attached hydrogens (tertiary/aromatic N) is 1. The molecule has 2 rings (SSSR count). The monoisotopic (exact) mass is 298 g/mol. The number of nitrogens with one attached hydrogen (secondary N) is 1. The van der Waals surface area contributed by atoms with E-state index in [0.717, 1.165) is 5.56 Å². The Morgan fingerprint density at radius 3 is 2.50 bits per heavy atom. The fourth-order valence-electron chi connectivity index (χ4n) is 2.31. The van der Waals surface area contributed by atoms with Gasteiger partial charge in [0.1, 0.15) is 0 Å². The molecule has 0 saturated carbocycles. The molecule has 0 aliphatic rings. The first kappa shape index (κ1) is 15.7. The van der Waals surface area contributed by atoms with Gasteiger partial charge in [-0.1, -0.05) is 43.3 Å². The summed E-state index contributed by atoms with van der Waals surface area (Å²) in [5.74, 6) is -0.117. The smallest absolute Gasteiger partial charge is 0.273 e. The van der Waals surface area contributed by atoms with Crippen LogP contribution in [-0.2, 0) is 0 Å². The Labute approximate surface area is 129 Å². The molecule has 0 heterocycles. The van der Waals surface area contributed by atoms with Crippen molar-refractivity contribution in [1.82, 2.24) is 5.32 Å². The zero-order chi connectivity index (χ0) is 16.1. The molecule has 0 spiro atoms. The third-order valence-electron chi connectivity index (χ3n) is 3.68. The molecule has 0 unspecified atom stereocenters. The molecule has 114 valence electrons. The molecular weight excluding hydrogens is 280 g/mol. The van der Waals surface area contributed by atoms with Gasteiger partial charge in [-0.05, 0) is 24.5 Å². The van der Waals surface area contributed by atoms with Crippen LogP contribution in [0.2, 0.25) is 0 Å². The predicted octanol–water partition coefficient (Wildman–Crippen LogP) is 3.44. The Morgan fingerprint density at radius 2 is 1.86 bits per heavy atom. The van der Waals surface area contributed by atoms with Crippen molar-refractivity contribution in [3.8, 4) is 0 Å². The highest BCUT2D eigenvalue weighted by Gasteiger charge is 2.18. The van der Waals surface area contributed by atoms with E-state index in [1.165, 1.54) is 12.1 Å². The molecule has 5 heteroatoms. The Kier molecular flexibility index (Phi) is 4.88. The topological polar surface area (TPSA) is 72.2 Å². The Bertz CT molecular complexity index is 684. The quantitative estimate of drug-likeness (QED) is 0.679. The summed E-state index contributed by atoms with van der Waals surface area (Å²) < 4.78 is 0. The third kappa shape index (κ3) is 3.49. The molecule has 0 aliphatic heterocycles. The summed E-state index contributed by atoms with van der Waals surface area (Å²) in [6.45, 7) is 4.09. The molecule has 5 nitrogen and oxygen atoms in total. The van der Waals surface area contributed by atoms with Gasteiger partial charge in [-0.25, -0.2) is 0 Å². The lowest BCUT2D eigenvalue weighted by Crippen LogP contribution is -2.28. The molecule has 0 fully saturated rings. The fraction of sp³-hybridized carbons (Fsp3) is 0.235. The number of nitro groups is 1. The molecule has 0 radical (unpaired) electrons. The number of amides is 1. The van der Waals surface area contributed by atoms with Crippen LogP contribution in [0.15, 0.2) is 48.5 Å². The molecule has 1 N–H and O–H groups in total. The van der Waals surface area contributed by atoms with Gasteiger partial charge >= 0.3 is 0 Å². The highest BCUT2D eigenvalue weighted by Crippen LogP contribution is 2.21. The Balaban J connectivity index is 2.07. The number of carbonyl (C=O) groups excluding carboxylic acids is 1. The number of nitro benzene ring substituents is 1. The zero-order valence-electron chi connectivity index (χ0n) is 12.6. The maximum atomic E-state index is 12.2. The van der Waals surface area contributed by atoms with Crippen molar-refractivity contribution in [2.75, 3.05) is 6.54 Å². The van der Waals surface area contributed by atoms with Crippen molar-refractivity contribution in [2.24, 2.45) is 0 Å². The molecule has 0 aromatic heterocycles. The maximum absolute atomic E-state index is 12.2. The molecule has 1 atom stereocenters. The molecule has 0 bridgehead atoms. The van der Waals surface area contributed by atoms with Gasteiger partial charge in [0.05, 0.1) is 4.92 Å². The Morgan fingerprint density at radius 1 is 1.18 bits per heavy atom. The van der Waals surface area contributed by atoms with E-state index in [9.17, 15) is 14.9 Å². The first-order valence-electron chi connectivity index (χ1n) is 7.08. The largest absolute Gasteiger partial charge is 0.351 e. The lowest BCUT2D eigenvalue weighted by Gasteiger charge is -2.14. The number of hydrogen-bond acceptors (Lipinski definition) is 3. The first-order valence-corrected chi connectivity index (χ1v) is 7.08. The zero-order valence-corrected chi connectivity index (χ0v) is 12.6. The SMILES string of the molecule is Cc1c(C(=O)NC[C@H](C)c2ccccc2)cccc1[N+](=O)[O-]. The van der Waals surface area contributed by atoms with E-state index in [1.54, 1.807) is 13.0 Å². The lowest BCUT2D eigenvalue weighted by molar-refractivity contribution is -0.385. The van der Waals surface area contributed by atoms with Gasteiger partial charge < -0.3 is 5.32 Å². The van der Waals surface area contributed by atoms with Crippen LogP contribution in [0.4, 0.5) is 5.69 Å². The van der Waals surface area contributed by atoms with E-state index in [-0.39, 0.29) is 17.5 Å². The van der Waals surface area contributed by atoms with Crippen LogP contribution >= 0.6 is 0 Å². The molecule has 0 aliphatic carbocycles. The minimum atomic E-state index is -0.474. The second kappa shape index (κ2) is 6.85. The van der Waals surface area contributed by atoms with Crippen molar-refractivity contribution in [2.45, 2.75) is 19.8 Å². The molecule has 2 aromatic rings. The van der Waals surface area contributed by atoms with Gasteiger partial charge in [0, 0.05) is 23.7 Å². The van der Waals surface area contributed by atoms with Crippen molar-refractivity contribution >= 4 is 11.6 Å². The summed E-state index contributed by atoms with van der Waals surface area (Å²) >= 11 is 0. The summed E-state index contributed by atoms with van der Waals surface area (Å²) in [6, 6.07) is 14.4. The number of rotatable bonds is 5. The van der Waals surface area contributed by atoms with Crippen molar-refractivity contribution in [3.05, 3.63) is 75.3 Å². The number of benzene rings is 2. The highest BCUT2D eigenvalue weighted by molar-refractivity contribution is 5.96. The average Bonchev–Trinajstić information content (AvgIpc) is 2.53. The second-order valence-electron chi connectivity index (χ2n) is 5.23. The number of hydrogen-bond donors (Lipinski definition) is 1. The molecule has 2 aromatic carbocycles. The van der Waals surface area contributed by atoms with Gasteiger partial charge in [-0.15, -0.1) is 0 Å². The standard InChI is InChI=1S/C17H18N2O3/c1-12(14-7-4-3-5-8-14)11-18-17(20)15-9-6-10-16(13(15)2)19(21)22/h3-10,12H,11H2,1-2H3,(H,18,20)/t12-/m0/s1. The summed E-state index contributed by atoms with van der Waals surface area (Å²) in [4.78, 5) is 22.7. The Hall–Kier alpha value is -2.69. The van der Waals surface area contributed by atoms with Gasteiger partial charge in [-0.2, -0.15) is 0 Å². The van der Waals surface area contributed by atoms with Gasteiger partial charge in [0.15, 0.2) is 0 Å². The van der Waals surface area contributed by atoms with Crippen molar-refractivity contribution in [3.63, 3.8) is 0 Å². The third-order valence-corrected chi connectivity index (χ3v) is 3.68. The van der Waals surface area contributed by atoms with Crippen LogP contribution in [0.5, 0.6) is 0 Å². The van der Waals surface area contributed by atoms with Crippen LogP contribution in [0, 0.1) is 17.0 Å². The summed E-state index contributed by atoms with van der Waals surface area (Å²) in [5, 5.41) is 13.8. The summed E-state index contributed by atoms with van der Waals surface area (Å²) in [5.41, 5.74) is 1.83. The van der Waals surface area contributed by atoms with E-state index in [4.69, 9.17) is 0 Å². The fourth-order valence-corrected chi connectivity index (χ4v) is 2.31.